The molecule has 0 fully saturated rings. The van der Waals surface area contributed by atoms with Crippen molar-refractivity contribution in [2.75, 3.05) is 13.7 Å². The first-order valence-corrected chi connectivity index (χ1v) is 8.33. The topological polar surface area (TPSA) is 50.4 Å². The molecule has 1 amide bonds. The lowest BCUT2D eigenvalue weighted by atomic mass is 10.1. The Hall–Kier alpha value is -1.75. The molecule has 0 spiro atoms. The average molecular weight is 367 g/mol. The first-order chi connectivity index (χ1) is 11.5. The maximum Gasteiger partial charge on any atom is 0.234 e. The number of rotatable bonds is 7. The second kappa shape index (κ2) is 8.92. The molecule has 2 N–H and O–H groups in total. The third-order valence-corrected chi connectivity index (χ3v) is 4.24. The fourth-order valence-electron chi connectivity index (χ4n) is 2.32. The Labute approximate surface area is 152 Å². The summed E-state index contributed by atoms with van der Waals surface area (Å²) in [6.45, 7) is 2.51. The van der Waals surface area contributed by atoms with Crippen molar-refractivity contribution in [3.8, 4) is 5.75 Å². The lowest BCUT2D eigenvalue weighted by molar-refractivity contribution is -0.120. The summed E-state index contributed by atoms with van der Waals surface area (Å²) in [5.41, 5.74) is 1.79. The van der Waals surface area contributed by atoms with Gasteiger partial charge in [0.15, 0.2) is 0 Å². The molecule has 2 aromatic rings. The summed E-state index contributed by atoms with van der Waals surface area (Å²) in [6.07, 6.45) is 0. The molecule has 4 nitrogen and oxygen atoms in total. The number of methoxy groups -OCH3 is 1. The number of nitrogens with one attached hydrogen (secondary N) is 2. The Bertz CT molecular complexity index is 707. The van der Waals surface area contributed by atoms with Gasteiger partial charge in [-0.25, -0.2) is 0 Å². The lowest BCUT2D eigenvalue weighted by Crippen LogP contribution is -2.34. The Kier molecular flexibility index (Phi) is 6.91. The predicted molar refractivity (Wildman–Crippen MR) is 97.7 cm³/mol. The summed E-state index contributed by atoms with van der Waals surface area (Å²) >= 11 is 12.1. The molecule has 0 aliphatic carbocycles. The van der Waals surface area contributed by atoms with Gasteiger partial charge in [-0.2, -0.15) is 0 Å². The molecule has 1 atom stereocenters. The molecule has 1 unspecified atom stereocenters. The number of hydrogen-bond donors (Lipinski definition) is 2. The van der Waals surface area contributed by atoms with Crippen LogP contribution >= 0.6 is 23.2 Å². The highest BCUT2D eigenvalue weighted by Crippen LogP contribution is 2.23. The lowest BCUT2D eigenvalue weighted by Gasteiger charge is -2.16. The third-order valence-electron chi connectivity index (χ3n) is 3.66. The molecule has 0 aliphatic rings. The zero-order valence-corrected chi connectivity index (χ0v) is 15.1. The zero-order valence-electron chi connectivity index (χ0n) is 13.6. The minimum atomic E-state index is -0.115. The maximum absolute atomic E-state index is 12.0. The van der Waals surface area contributed by atoms with Crippen LogP contribution in [0.25, 0.3) is 0 Å². The van der Waals surface area contributed by atoms with Gasteiger partial charge in [-0.1, -0.05) is 41.4 Å². The minimum Gasteiger partial charge on any atom is -0.496 e. The highest BCUT2D eigenvalue weighted by Gasteiger charge is 2.11. The van der Waals surface area contributed by atoms with Crippen LogP contribution in [0.4, 0.5) is 0 Å². The second-order valence-corrected chi connectivity index (χ2v) is 6.20. The summed E-state index contributed by atoms with van der Waals surface area (Å²) in [5.74, 6) is 0.577. The van der Waals surface area contributed by atoms with Crippen LogP contribution in [0, 0.1) is 0 Å². The number of amides is 1. The van der Waals surface area contributed by atoms with Gasteiger partial charge < -0.3 is 15.4 Å². The first-order valence-electron chi connectivity index (χ1n) is 7.58. The SMILES string of the molecule is COc1ccc(Cl)cc1CNC(=O)CNC(C)c1ccccc1Cl. The van der Waals surface area contributed by atoms with E-state index in [1.165, 1.54) is 0 Å². The van der Waals surface area contributed by atoms with Gasteiger partial charge in [-0.15, -0.1) is 0 Å². The summed E-state index contributed by atoms with van der Waals surface area (Å²) < 4.78 is 5.26. The predicted octanol–water partition coefficient (Wildman–Crippen LogP) is 3.97. The Morgan fingerprint density at radius 1 is 1.21 bits per heavy atom. The van der Waals surface area contributed by atoms with E-state index in [4.69, 9.17) is 27.9 Å². The largest absolute Gasteiger partial charge is 0.496 e. The van der Waals surface area contributed by atoms with Gasteiger partial charge in [-0.3, -0.25) is 4.79 Å². The molecule has 0 aromatic heterocycles. The van der Waals surface area contributed by atoms with Crippen LogP contribution in [0.15, 0.2) is 42.5 Å². The van der Waals surface area contributed by atoms with Crippen molar-refractivity contribution in [2.45, 2.75) is 19.5 Å². The molecule has 6 heteroatoms. The van der Waals surface area contributed by atoms with Gasteiger partial charge in [0, 0.05) is 28.2 Å². The summed E-state index contributed by atoms with van der Waals surface area (Å²) in [5, 5.41) is 7.30. The van der Waals surface area contributed by atoms with E-state index < -0.39 is 0 Å². The molecule has 0 radical (unpaired) electrons. The van der Waals surface area contributed by atoms with Gasteiger partial charge in [0.1, 0.15) is 5.75 Å². The van der Waals surface area contributed by atoms with Crippen molar-refractivity contribution in [2.24, 2.45) is 0 Å². The van der Waals surface area contributed by atoms with Gasteiger partial charge in [-0.05, 0) is 36.8 Å². The Balaban J connectivity index is 1.86. The van der Waals surface area contributed by atoms with E-state index in [0.717, 1.165) is 11.1 Å². The number of ether oxygens (including phenoxy) is 1. The zero-order chi connectivity index (χ0) is 17.5. The molecule has 24 heavy (non-hydrogen) atoms. The van der Waals surface area contributed by atoms with Crippen LogP contribution in [-0.4, -0.2) is 19.6 Å². The van der Waals surface area contributed by atoms with Crippen molar-refractivity contribution < 1.29 is 9.53 Å². The van der Waals surface area contributed by atoms with Crippen molar-refractivity contribution in [3.63, 3.8) is 0 Å². The number of carbonyl (C=O) groups is 1. The standard InChI is InChI=1S/C18H20Cl2N2O2/c1-12(15-5-3-4-6-16(15)20)21-11-18(23)22-10-13-9-14(19)7-8-17(13)24-2/h3-9,12,21H,10-11H2,1-2H3,(H,22,23). The van der Waals surface area contributed by atoms with Crippen LogP contribution in [0.5, 0.6) is 5.75 Å². The van der Waals surface area contributed by atoms with Gasteiger partial charge in [0.2, 0.25) is 5.91 Å². The van der Waals surface area contributed by atoms with Crippen LogP contribution in [0.2, 0.25) is 10.0 Å². The van der Waals surface area contributed by atoms with Crippen molar-refractivity contribution in [1.29, 1.82) is 0 Å². The molecule has 0 saturated carbocycles. The second-order valence-electron chi connectivity index (χ2n) is 5.36. The summed E-state index contributed by atoms with van der Waals surface area (Å²) in [7, 11) is 1.58. The summed E-state index contributed by atoms with van der Waals surface area (Å²) in [4.78, 5) is 12.0. The molecule has 0 bridgehead atoms. The molecular formula is C18H20Cl2N2O2. The highest BCUT2D eigenvalue weighted by molar-refractivity contribution is 6.31. The molecule has 2 aromatic carbocycles. The quantitative estimate of drug-likeness (QED) is 0.779. The van der Waals surface area contributed by atoms with E-state index in [1.54, 1.807) is 25.3 Å². The fraction of sp³-hybridized carbons (Fsp3) is 0.278. The Morgan fingerprint density at radius 3 is 2.67 bits per heavy atom. The molecular weight excluding hydrogens is 347 g/mol. The van der Waals surface area contributed by atoms with Gasteiger partial charge >= 0.3 is 0 Å². The molecule has 0 heterocycles. The molecule has 128 valence electrons. The third kappa shape index (κ3) is 5.13. The first kappa shape index (κ1) is 18.6. The molecule has 0 aliphatic heterocycles. The summed E-state index contributed by atoms with van der Waals surface area (Å²) in [6, 6.07) is 12.9. The van der Waals surface area contributed by atoms with Crippen LogP contribution < -0.4 is 15.4 Å². The van der Waals surface area contributed by atoms with Crippen LogP contribution in [0.3, 0.4) is 0 Å². The van der Waals surface area contributed by atoms with Crippen molar-refractivity contribution >= 4 is 29.1 Å². The maximum atomic E-state index is 12.0. The van der Waals surface area contributed by atoms with Gasteiger partial charge in [0.25, 0.3) is 0 Å². The number of hydrogen-bond acceptors (Lipinski definition) is 3. The van der Waals surface area contributed by atoms with E-state index >= 15 is 0 Å². The van der Waals surface area contributed by atoms with Crippen LogP contribution in [-0.2, 0) is 11.3 Å². The van der Waals surface area contributed by atoms with E-state index in [9.17, 15) is 4.79 Å². The van der Waals surface area contributed by atoms with Crippen molar-refractivity contribution in [3.05, 3.63) is 63.6 Å². The smallest absolute Gasteiger partial charge is 0.234 e. The molecule has 0 saturated heterocycles. The monoisotopic (exact) mass is 366 g/mol. The fourth-order valence-corrected chi connectivity index (χ4v) is 2.82. The number of benzene rings is 2. The highest BCUT2D eigenvalue weighted by atomic mass is 35.5. The average Bonchev–Trinajstić information content (AvgIpc) is 2.58. The Morgan fingerprint density at radius 2 is 1.96 bits per heavy atom. The van der Waals surface area contributed by atoms with Crippen LogP contribution in [0.1, 0.15) is 24.1 Å². The normalized spacial score (nSPS) is 11.8. The van der Waals surface area contributed by atoms with E-state index in [-0.39, 0.29) is 18.5 Å². The van der Waals surface area contributed by atoms with E-state index in [2.05, 4.69) is 10.6 Å². The molecule has 2 rings (SSSR count). The van der Waals surface area contributed by atoms with E-state index in [0.29, 0.717) is 22.3 Å². The van der Waals surface area contributed by atoms with E-state index in [1.807, 2.05) is 31.2 Å². The van der Waals surface area contributed by atoms with Crippen molar-refractivity contribution in [1.82, 2.24) is 10.6 Å². The minimum absolute atomic E-state index is 0.0230. The van der Waals surface area contributed by atoms with Gasteiger partial charge in [0.05, 0.1) is 13.7 Å². The number of halogens is 2. The number of carbonyl (C=O) groups excluding carboxylic acids is 1.